The summed E-state index contributed by atoms with van der Waals surface area (Å²) < 4.78 is 3.86. The number of fused-ring (bicyclic) bond motifs is 1. The fourth-order valence-corrected chi connectivity index (χ4v) is 2.24. The van der Waals surface area contributed by atoms with E-state index in [-0.39, 0.29) is 0 Å². The lowest BCUT2D eigenvalue weighted by atomic mass is 10.4. The molecule has 0 aliphatic rings. The molecule has 0 bridgehead atoms. The number of pyridine rings is 1. The molecule has 3 rings (SSSR count). The predicted octanol–water partition coefficient (Wildman–Crippen LogP) is 1.60. The third kappa shape index (κ3) is 1.52. The Bertz CT molecular complexity index is 707. The maximum atomic E-state index is 5.85. The molecule has 5 nitrogen and oxygen atoms in total. The fraction of sp³-hybridized carbons (Fsp3) is 0.231. The Hall–Kier alpha value is -2.14. The van der Waals surface area contributed by atoms with Crippen molar-refractivity contribution in [2.75, 3.05) is 0 Å². The van der Waals surface area contributed by atoms with E-state index in [0.717, 1.165) is 28.5 Å². The number of nitrogens with zero attached hydrogens (tertiary/aromatic N) is 4. The Morgan fingerprint density at radius 1 is 1.28 bits per heavy atom. The normalized spacial score (nSPS) is 11.3. The van der Waals surface area contributed by atoms with Crippen LogP contribution in [0.25, 0.3) is 11.5 Å². The SMILES string of the molecule is Cc1cc(C)n(-c2nc3ccccn3c2CN)n1. The molecule has 0 aliphatic carbocycles. The summed E-state index contributed by atoms with van der Waals surface area (Å²) in [6.45, 7) is 4.42. The van der Waals surface area contributed by atoms with Crippen LogP contribution in [0.2, 0.25) is 0 Å². The molecule has 0 aliphatic heterocycles. The van der Waals surface area contributed by atoms with Crippen molar-refractivity contribution in [1.29, 1.82) is 0 Å². The van der Waals surface area contributed by atoms with Gasteiger partial charge in [-0.1, -0.05) is 6.07 Å². The molecule has 0 amide bonds. The molecule has 0 aromatic carbocycles. The van der Waals surface area contributed by atoms with Gasteiger partial charge in [0.25, 0.3) is 0 Å². The number of aromatic nitrogens is 4. The van der Waals surface area contributed by atoms with E-state index in [0.29, 0.717) is 6.54 Å². The highest BCUT2D eigenvalue weighted by Crippen LogP contribution is 2.18. The Balaban J connectivity index is 2.32. The molecule has 0 atom stereocenters. The van der Waals surface area contributed by atoms with Crippen LogP contribution in [0.4, 0.5) is 0 Å². The van der Waals surface area contributed by atoms with Gasteiger partial charge >= 0.3 is 0 Å². The maximum absolute atomic E-state index is 5.85. The molecule has 0 spiro atoms. The number of nitrogens with two attached hydrogens (primary N) is 1. The van der Waals surface area contributed by atoms with Crippen LogP contribution < -0.4 is 5.73 Å². The quantitative estimate of drug-likeness (QED) is 0.741. The number of hydrogen-bond donors (Lipinski definition) is 1. The molecule has 18 heavy (non-hydrogen) atoms. The number of imidazole rings is 1. The zero-order chi connectivity index (χ0) is 12.7. The van der Waals surface area contributed by atoms with Gasteiger partial charge in [-0.25, -0.2) is 9.67 Å². The molecule has 3 heterocycles. The van der Waals surface area contributed by atoms with Gasteiger partial charge in [0.2, 0.25) is 0 Å². The van der Waals surface area contributed by atoms with Crippen molar-refractivity contribution < 1.29 is 0 Å². The van der Waals surface area contributed by atoms with Gasteiger partial charge in [-0.15, -0.1) is 0 Å². The highest BCUT2D eigenvalue weighted by atomic mass is 15.3. The van der Waals surface area contributed by atoms with Crippen LogP contribution in [-0.2, 0) is 6.54 Å². The maximum Gasteiger partial charge on any atom is 0.177 e. The Kier molecular flexibility index (Phi) is 2.41. The minimum atomic E-state index is 0.429. The summed E-state index contributed by atoms with van der Waals surface area (Å²) in [5, 5.41) is 4.47. The van der Waals surface area contributed by atoms with Gasteiger partial charge < -0.3 is 10.1 Å². The van der Waals surface area contributed by atoms with Crippen molar-refractivity contribution in [1.82, 2.24) is 19.2 Å². The highest BCUT2D eigenvalue weighted by molar-refractivity contribution is 5.49. The molecule has 0 saturated carbocycles. The Morgan fingerprint density at radius 2 is 2.11 bits per heavy atom. The fourth-order valence-electron chi connectivity index (χ4n) is 2.24. The van der Waals surface area contributed by atoms with E-state index in [2.05, 4.69) is 10.1 Å². The van der Waals surface area contributed by atoms with Crippen LogP contribution in [0.3, 0.4) is 0 Å². The summed E-state index contributed by atoms with van der Waals surface area (Å²) >= 11 is 0. The Morgan fingerprint density at radius 3 is 2.78 bits per heavy atom. The summed E-state index contributed by atoms with van der Waals surface area (Å²) in [5.41, 5.74) is 9.75. The zero-order valence-electron chi connectivity index (χ0n) is 10.5. The summed E-state index contributed by atoms with van der Waals surface area (Å²) in [4.78, 5) is 4.61. The first kappa shape index (κ1) is 11.0. The second-order valence-electron chi connectivity index (χ2n) is 4.35. The molecule has 5 heteroatoms. The molecule has 0 saturated heterocycles. The van der Waals surface area contributed by atoms with Gasteiger partial charge in [0.05, 0.1) is 11.4 Å². The molecule has 3 aromatic rings. The van der Waals surface area contributed by atoms with Crippen molar-refractivity contribution >= 4 is 5.65 Å². The number of hydrogen-bond acceptors (Lipinski definition) is 3. The smallest absolute Gasteiger partial charge is 0.177 e. The third-order valence-corrected chi connectivity index (χ3v) is 3.01. The van der Waals surface area contributed by atoms with Crippen LogP contribution in [-0.4, -0.2) is 19.2 Å². The van der Waals surface area contributed by atoms with Crippen molar-refractivity contribution in [3.8, 4) is 5.82 Å². The molecule has 92 valence electrons. The highest BCUT2D eigenvalue weighted by Gasteiger charge is 2.14. The van der Waals surface area contributed by atoms with Crippen LogP contribution in [0.5, 0.6) is 0 Å². The summed E-state index contributed by atoms with van der Waals surface area (Å²) in [5.74, 6) is 0.814. The average molecular weight is 241 g/mol. The van der Waals surface area contributed by atoms with Crippen LogP contribution >= 0.6 is 0 Å². The lowest BCUT2D eigenvalue weighted by Gasteiger charge is -2.03. The largest absolute Gasteiger partial charge is 0.325 e. The van der Waals surface area contributed by atoms with Gasteiger partial charge in [-0.2, -0.15) is 5.10 Å². The lowest BCUT2D eigenvalue weighted by Crippen LogP contribution is -2.08. The monoisotopic (exact) mass is 241 g/mol. The minimum absolute atomic E-state index is 0.429. The van der Waals surface area contributed by atoms with Crippen molar-refractivity contribution in [2.45, 2.75) is 20.4 Å². The van der Waals surface area contributed by atoms with E-state index in [9.17, 15) is 0 Å². The standard InChI is InChI=1S/C13H15N5/c1-9-7-10(2)18(16-9)13-11(8-14)17-6-4-3-5-12(17)15-13/h3-7H,8,14H2,1-2H3. The van der Waals surface area contributed by atoms with E-state index in [1.165, 1.54) is 0 Å². The first-order valence-corrected chi connectivity index (χ1v) is 5.90. The van der Waals surface area contributed by atoms with E-state index in [1.807, 2.05) is 53.4 Å². The average Bonchev–Trinajstić information content (AvgIpc) is 2.88. The second-order valence-corrected chi connectivity index (χ2v) is 4.35. The first-order chi connectivity index (χ1) is 8.70. The number of rotatable bonds is 2. The van der Waals surface area contributed by atoms with Crippen molar-refractivity contribution in [3.63, 3.8) is 0 Å². The molecular weight excluding hydrogens is 226 g/mol. The Labute approximate surface area is 105 Å². The number of aryl methyl sites for hydroxylation is 2. The van der Waals surface area contributed by atoms with Crippen molar-refractivity contribution in [2.24, 2.45) is 5.73 Å². The molecule has 3 aromatic heterocycles. The molecule has 0 radical (unpaired) electrons. The van der Waals surface area contributed by atoms with Gasteiger partial charge in [0.15, 0.2) is 5.82 Å². The van der Waals surface area contributed by atoms with E-state index < -0.39 is 0 Å². The summed E-state index contributed by atoms with van der Waals surface area (Å²) in [6, 6.07) is 7.94. The van der Waals surface area contributed by atoms with E-state index in [4.69, 9.17) is 5.73 Å². The van der Waals surface area contributed by atoms with Gasteiger partial charge in [0.1, 0.15) is 5.65 Å². The van der Waals surface area contributed by atoms with Crippen LogP contribution in [0.15, 0.2) is 30.5 Å². The minimum Gasteiger partial charge on any atom is -0.325 e. The predicted molar refractivity (Wildman–Crippen MR) is 69.7 cm³/mol. The molecular formula is C13H15N5. The topological polar surface area (TPSA) is 61.1 Å². The zero-order valence-corrected chi connectivity index (χ0v) is 10.5. The third-order valence-electron chi connectivity index (χ3n) is 3.01. The second kappa shape index (κ2) is 3.96. The summed E-state index contributed by atoms with van der Waals surface area (Å²) in [6.07, 6.45) is 1.97. The molecule has 2 N–H and O–H groups in total. The molecule has 0 unspecified atom stereocenters. The first-order valence-electron chi connectivity index (χ1n) is 5.90. The van der Waals surface area contributed by atoms with Gasteiger partial charge in [-0.3, -0.25) is 0 Å². The van der Waals surface area contributed by atoms with E-state index in [1.54, 1.807) is 0 Å². The van der Waals surface area contributed by atoms with Crippen LogP contribution in [0, 0.1) is 13.8 Å². The van der Waals surface area contributed by atoms with Crippen molar-refractivity contribution in [3.05, 3.63) is 47.5 Å². The summed E-state index contributed by atoms with van der Waals surface area (Å²) in [7, 11) is 0. The molecule has 0 fully saturated rings. The lowest BCUT2D eigenvalue weighted by molar-refractivity contribution is 0.791. The van der Waals surface area contributed by atoms with Crippen LogP contribution in [0.1, 0.15) is 17.1 Å². The van der Waals surface area contributed by atoms with Gasteiger partial charge in [-0.05, 0) is 32.0 Å². The van der Waals surface area contributed by atoms with E-state index >= 15 is 0 Å². The van der Waals surface area contributed by atoms with Gasteiger partial charge in [0, 0.05) is 18.4 Å².